The summed E-state index contributed by atoms with van der Waals surface area (Å²) in [7, 11) is 1.86. The summed E-state index contributed by atoms with van der Waals surface area (Å²) < 4.78 is 10.5. The van der Waals surface area contributed by atoms with Crippen molar-refractivity contribution in [3.8, 4) is 5.75 Å². The van der Waals surface area contributed by atoms with Crippen LogP contribution >= 0.6 is 0 Å². The highest BCUT2D eigenvalue weighted by molar-refractivity contribution is 5.64. The van der Waals surface area contributed by atoms with Gasteiger partial charge in [-0.1, -0.05) is 37.3 Å². The first-order valence-electron chi connectivity index (χ1n) is 7.35. The average molecular weight is 299 g/mol. The minimum Gasteiger partial charge on any atom is -0.410 e. The van der Waals surface area contributed by atoms with Crippen molar-refractivity contribution in [1.29, 1.82) is 0 Å². The molecule has 0 amide bonds. The van der Waals surface area contributed by atoms with Gasteiger partial charge in [0.1, 0.15) is 5.75 Å². The van der Waals surface area contributed by atoms with Crippen molar-refractivity contribution in [2.75, 3.05) is 11.9 Å². The maximum absolute atomic E-state index is 11.8. The Kier molecular flexibility index (Phi) is 5.42. The second-order valence-electron chi connectivity index (χ2n) is 5.01. The van der Waals surface area contributed by atoms with Crippen molar-refractivity contribution < 1.29 is 14.3 Å². The highest BCUT2D eigenvalue weighted by Crippen LogP contribution is 2.17. The van der Waals surface area contributed by atoms with Gasteiger partial charge in [0, 0.05) is 12.7 Å². The molecule has 1 unspecified atom stereocenters. The van der Waals surface area contributed by atoms with Gasteiger partial charge in [0.15, 0.2) is 6.23 Å². The topological polar surface area (TPSA) is 38.8 Å². The number of nitrogens with zero attached hydrogens (tertiary/aromatic N) is 1. The molecule has 1 atom stereocenters. The summed E-state index contributed by atoms with van der Waals surface area (Å²) in [5.74, 6) is 0.483. The molecule has 0 saturated carbocycles. The van der Waals surface area contributed by atoms with Crippen LogP contribution in [0.2, 0.25) is 0 Å². The second-order valence-corrected chi connectivity index (χ2v) is 5.01. The van der Waals surface area contributed by atoms with E-state index in [9.17, 15) is 4.79 Å². The Morgan fingerprint density at radius 1 is 1.09 bits per heavy atom. The first kappa shape index (κ1) is 15.9. The van der Waals surface area contributed by atoms with Crippen LogP contribution in [-0.4, -0.2) is 19.4 Å². The Morgan fingerprint density at radius 2 is 1.73 bits per heavy atom. The lowest BCUT2D eigenvalue weighted by Gasteiger charge is -2.26. The smallest absolute Gasteiger partial charge is 0.410 e. The number of rotatable bonds is 5. The summed E-state index contributed by atoms with van der Waals surface area (Å²) >= 11 is 0. The van der Waals surface area contributed by atoms with Gasteiger partial charge in [0.05, 0.1) is 0 Å². The van der Waals surface area contributed by atoms with Crippen LogP contribution in [0.3, 0.4) is 0 Å². The van der Waals surface area contributed by atoms with Crippen LogP contribution in [0.15, 0.2) is 54.6 Å². The van der Waals surface area contributed by atoms with Crippen molar-refractivity contribution in [2.24, 2.45) is 0 Å². The minimum atomic E-state index is -0.709. The molecule has 4 heteroatoms. The molecule has 0 aliphatic carbocycles. The van der Waals surface area contributed by atoms with E-state index in [-0.39, 0.29) is 0 Å². The molecule has 0 aliphatic heterocycles. The Hall–Kier alpha value is -2.49. The van der Waals surface area contributed by atoms with Crippen LogP contribution in [0.4, 0.5) is 10.5 Å². The van der Waals surface area contributed by atoms with E-state index in [1.807, 2.05) is 54.4 Å². The summed E-state index contributed by atoms with van der Waals surface area (Å²) in [4.78, 5) is 13.7. The lowest BCUT2D eigenvalue weighted by molar-refractivity contribution is 0.0661. The third-order valence-corrected chi connectivity index (χ3v) is 3.51. The van der Waals surface area contributed by atoms with Crippen LogP contribution in [0.25, 0.3) is 0 Å². The van der Waals surface area contributed by atoms with E-state index >= 15 is 0 Å². The standard InChI is InChI=1S/C18H21NO3/c1-4-15-10-12-17(13-11-15)22-18(20)21-14(2)19(3)16-8-6-5-7-9-16/h5-14H,4H2,1-3H3. The molecule has 0 saturated heterocycles. The molecule has 22 heavy (non-hydrogen) atoms. The average Bonchev–Trinajstić information content (AvgIpc) is 2.55. The number of anilines is 1. The predicted molar refractivity (Wildman–Crippen MR) is 87.2 cm³/mol. The second kappa shape index (κ2) is 7.50. The van der Waals surface area contributed by atoms with Gasteiger partial charge in [0.25, 0.3) is 0 Å². The van der Waals surface area contributed by atoms with E-state index in [1.165, 1.54) is 5.56 Å². The normalized spacial score (nSPS) is 11.6. The van der Waals surface area contributed by atoms with Gasteiger partial charge < -0.3 is 14.4 Å². The summed E-state index contributed by atoms with van der Waals surface area (Å²) in [5.41, 5.74) is 2.16. The van der Waals surface area contributed by atoms with Gasteiger partial charge >= 0.3 is 6.16 Å². The molecule has 0 fully saturated rings. The SMILES string of the molecule is CCc1ccc(OC(=O)OC(C)N(C)c2ccccc2)cc1. The summed E-state index contributed by atoms with van der Waals surface area (Å²) in [6.07, 6.45) is -0.187. The molecule has 4 nitrogen and oxygen atoms in total. The molecule has 0 radical (unpaired) electrons. The molecule has 2 rings (SSSR count). The number of carbonyl (C=O) groups is 1. The Balaban J connectivity index is 1.90. The predicted octanol–water partition coefficient (Wildman–Crippen LogP) is 4.25. The molecule has 0 aromatic heterocycles. The van der Waals surface area contributed by atoms with Crippen LogP contribution in [-0.2, 0) is 11.2 Å². The lowest BCUT2D eigenvalue weighted by atomic mass is 10.2. The largest absolute Gasteiger partial charge is 0.515 e. The van der Waals surface area contributed by atoms with E-state index in [0.717, 1.165) is 12.1 Å². The number of ether oxygens (including phenoxy) is 2. The first-order chi connectivity index (χ1) is 10.6. The van der Waals surface area contributed by atoms with Crippen molar-refractivity contribution in [2.45, 2.75) is 26.5 Å². The molecule has 2 aromatic rings. The van der Waals surface area contributed by atoms with E-state index in [4.69, 9.17) is 9.47 Å². The molecule has 0 aliphatic rings. The van der Waals surface area contributed by atoms with Gasteiger partial charge in [0.2, 0.25) is 0 Å². The number of aryl methyl sites for hydroxylation is 1. The zero-order valence-corrected chi connectivity index (χ0v) is 13.2. The van der Waals surface area contributed by atoms with Crippen molar-refractivity contribution in [3.05, 3.63) is 60.2 Å². The van der Waals surface area contributed by atoms with Gasteiger partial charge in [-0.3, -0.25) is 0 Å². The third kappa shape index (κ3) is 4.25. The van der Waals surface area contributed by atoms with E-state index < -0.39 is 12.4 Å². The van der Waals surface area contributed by atoms with Gasteiger partial charge in [-0.2, -0.15) is 0 Å². The molecule has 0 N–H and O–H groups in total. The molecule has 0 spiro atoms. The Labute approximate surface area is 131 Å². The van der Waals surface area contributed by atoms with E-state index in [1.54, 1.807) is 19.1 Å². The maximum Gasteiger partial charge on any atom is 0.515 e. The van der Waals surface area contributed by atoms with Crippen LogP contribution < -0.4 is 9.64 Å². The summed E-state index contributed by atoms with van der Waals surface area (Å²) in [5, 5.41) is 0. The van der Waals surface area contributed by atoms with Crippen LogP contribution in [0.1, 0.15) is 19.4 Å². The summed E-state index contributed by atoms with van der Waals surface area (Å²) in [6, 6.07) is 17.1. The van der Waals surface area contributed by atoms with Gasteiger partial charge in [-0.25, -0.2) is 4.79 Å². The molecular formula is C18H21NO3. The first-order valence-corrected chi connectivity index (χ1v) is 7.35. The number of carbonyl (C=O) groups excluding carboxylic acids is 1. The van der Waals surface area contributed by atoms with Gasteiger partial charge in [-0.15, -0.1) is 0 Å². The maximum atomic E-state index is 11.8. The van der Waals surface area contributed by atoms with Crippen molar-refractivity contribution >= 4 is 11.8 Å². The molecule has 116 valence electrons. The van der Waals surface area contributed by atoms with Crippen LogP contribution in [0, 0.1) is 0 Å². The Bertz CT molecular complexity index is 595. The number of para-hydroxylation sites is 1. The van der Waals surface area contributed by atoms with E-state index in [0.29, 0.717) is 5.75 Å². The van der Waals surface area contributed by atoms with Crippen molar-refractivity contribution in [1.82, 2.24) is 0 Å². The number of hydrogen-bond acceptors (Lipinski definition) is 4. The number of hydrogen-bond donors (Lipinski definition) is 0. The highest BCUT2D eigenvalue weighted by atomic mass is 16.7. The fourth-order valence-corrected chi connectivity index (χ4v) is 2.00. The quantitative estimate of drug-likeness (QED) is 0.470. The molecule has 0 heterocycles. The molecular weight excluding hydrogens is 278 g/mol. The Morgan fingerprint density at radius 3 is 2.32 bits per heavy atom. The highest BCUT2D eigenvalue weighted by Gasteiger charge is 2.16. The summed E-state index contributed by atoms with van der Waals surface area (Å²) in [6.45, 7) is 3.87. The fraction of sp³-hybridized carbons (Fsp3) is 0.278. The molecule has 0 bridgehead atoms. The van der Waals surface area contributed by atoms with Crippen LogP contribution in [0.5, 0.6) is 5.75 Å². The zero-order valence-electron chi connectivity index (χ0n) is 13.2. The lowest BCUT2D eigenvalue weighted by Crippen LogP contribution is -2.34. The monoisotopic (exact) mass is 299 g/mol. The van der Waals surface area contributed by atoms with Gasteiger partial charge in [-0.05, 0) is 43.2 Å². The fourth-order valence-electron chi connectivity index (χ4n) is 2.00. The van der Waals surface area contributed by atoms with E-state index in [2.05, 4.69) is 6.92 Å². The molecule has 2 aromatic carbocycles. The zero-order chi connectivity index (χ0) is 15.9. The van der Waals surface area contributed by atoms with Crippen molar-refractivity contribution in [3.63, 3.8) is 0 Å². The third-order valence-electron chi connectivity index (χ3n) is 3.51. The minimum absolute atomic E-state index is 0.426. The number of benzene rings is 2.